The van der Waals surface area contributed by atoms with Gasteiger partial charge in [-0.1, -0.05) is 60.7 Å². The number of carbonyl (C=O) groups excluding carboxylic acids is 1. The normalized spacial score (nSPS) is 16.7. The summed E-state index contributed by atoms with van der Waals surface area (Å²) in [7, 11) is 0. The van der Waals surface area contributed by atoms with E-state index >= 15 is 0 Å². The first-order chi connectivity index (χ1) is 11.8. The van der Waals surface area contributed by atoms with Gasteiger partial charge in [-0.05, 0) is 30.4 Å². The Morgan fingerprint density at radius 2 is 1.38 bits per heavy atom. The van der Waals surface area contributed by atoms with Crippen LogP contribution in [0.4, 0.5) is 0 Å². The molecule has 0 radical (unpaired) electrons. The first kappa shape index (κ1) is 16.9. The second kappa shape index (κ2) is 8.22. The second-order valence-corrected chi connectivity index (χ2v) is 6.20. The molecule has 1 aliphatic heterocycles. The number of benzene rings is 2. The van der Waals surface area contributed by atoms with Crippen molar-refractivity contribution >= 4 is 5.78 Å². The maximum Gasteiger partial charge on any atom is 0.229 e. The Hall–Kier alpha value is -1.97. The van der Waals surface area contributed by atoms with Crippen LogP contribution in [0.25, 0.3) is 0 Å². The molecule has 3 heteroatoms. The largest absolute Gasteiger partial charge is 0.344 e. The summed E-state index contributed by atoms with van der Waals surface area (Å²) in [5.41, 5.74) is 2.37. The van der Waals surface area contributed by atoms with Gasteiger partial charge in [0, 0.05) is 12.8 Å². The van der Waals surface area contributed by atoms with Crippen molar-refractivity contribution in [2.24, 2.45) is 0 Å². The molecule has 2 aromatic rings. The highest BCUT2D eigenvalue weighted by Gasteiger charge is 2.41. The van der Waals surface area contributed by atoms with E-state index in [2.05, 4.69) is 12.1 Å². The SMILES string of the molecule is O=C(CCc1ccccc1)C1(CCc2ccccc2)OCCCO1. The molecule has 1 fully saturated rings. The third kappa shape index (κ3) is 4.31. The lowest BCUT2D eigenvalue weighted by Crippen LogP contribution is -2.48. The zero-order chi connectivity index (χ0) is 16.7. The van der Waals surface area contributed by atoms with Gasteiger partial charge >= 0.3 is 0 Å². The van der Waals surface area contributed by atoms with Crippen LogP contribution in [-0.4, -0.2) is 24.8 Å². The van der Waals surface area contributed by atoms with E-state index in [0.717, 1.165) is 19.3 Å². The number of ether oxygens (including phenoxy) is 2. The molecular formula is C21H24O3. The van der Waals surface area contributed by atoms with Gasteiger partial charge in [0.1, 0.15) is 0 Å². The average molecular weight is 324 g/mol. The Balaban J connectivity index is 1.64. The summed E-state index contributed by atoms with van der Waals surface area (Å²) in [6.07, 6.45) is 3.36. The molecule has 0 aromatic heterocycles. The number of Topliss-reactive ketones (excluding diaryl/α,β-unsaturated/α-hetero) is 1. The van der Waals surface area contributed by atoms with Gasteiger partial charge in [0.2, 0.25) is 5.79 Å². The molecule has 1 aliphatic rings. The standard InChI is InChI=1S/C21H24O3/c22-20(13-12-18-8-3-1-4-9-18)21(23-16-7-17-24-21)15-14-19-10-5-2-6-11-19/h1-6,8-11H,7,12-17H2. The molecule has 0 unspecified atom stereocenters. The molecule has 0 atom stereocenters. The maximum absolute atomic E-state index is 12.9. The summed E-state index contributed by atoms with van der Waals surface area (Å²) in [6, 6.07) is 20.3. The van der Waals surface area contributed by atoms with Crippen LogP contribution in [0.1, 0.15) is 30.4 Å². The van der Waals surface area contributed by atoms with Gasteiger partial charge in [0.05, 0.1) is 13.2 Å². The van der Waals surface area contributed by atoms with Gasteiger partial charge in [-0.25, -0.2) is 0 Å². The molecule has 0 amide bonds. The highest BCUT2D eigenvalue weighted by atomic mass is 16.7. The van der Waals surface area contributed by atoms with Crippen LogP contribution in [0.15, 0.2) is 60.7 Å². The third-order valence-electron chi connectivity index (χ3n) is 4.45. The predicted molar refractivity (Wildman–Crippen MR) is 93.8 cm³/mol. The maximum atomic E-state index is 12.9. The number of ketones is 1. The van der Waals surface area contributed by atoms with Crippen molar-refractivity contribution in [3.05, 3.63) is 71.8 Å². The topological polar surface area (TPSA) is 35.5 Å². The first-order valence-corrected chi connectivity index (χ1v) is 8.68. The fourth-order valence-electron chi connectivity index (χ4n) is 3.07. The molecule has 0 saturated carbocycles. The second-order valence-electron chi connectivity index (χ2n) is 6.20. The van der Waals surface area contributed by atoms with Crippen molar-refractivity contribution in [1.29, 1.82) is 0 Å². The van der Waals surface area contributed by atoms with Crippen LogP contribution in [-0.2, 0) is 27.1 Å². The summed E-state index contributed by atoms with van der Waals surface area (Å²) in [5, 5.41) is 0. The van der Waals surface area contributed by atoms with Crippen LogP contribution in [0.5, 0.6) is 0 Å². The zero-order valence-electron chi connectivity index (χ0n) is 13.9. The molecule has 0 spiro atoms. The van der Waals surface area contributed by atoms with Crippen molar-refractivity contribution in [1.82, 2.24) is 0 Å². The van der Waals surface area contributed by atoms with Gasteiger partial charge in [-0.2, -0.15) is 0 Å². The van der Waals surface area contributed by atoms with Crippen LogP contribution in [0.3, 0.4) is 0 Å². The lowest BCUT2D eigenvalue weighted by Gasteiger charge is -2.36. The molecule has 3 nitrogen and oxygen atoms in total. The van der Waals surface area contributed by atoms with Gasteiger partial charge in [0.15, 0.2) is 5.78 Å². The molecule has 0 N–H and O–H groups in total. The third-order valence-corrected chi connectivity index (χ3v) is 4.45. The molecule has 0 bridgehead atoms. The van der Waals surface area contributed by atoms with Crippen molar-refractivity contribution in [3.8, 4) is 0 Å². The van der Waals surface area contributed by atoms with Gasteiger partial charge < -0.3 is 9.47 Å². The van der Waals surface area contributed by atoms with Gasteiger partial charge in [-0.3, -0.25) is 4.79 Å². The molecule has 24 heavy (non-hydrogen) atoms. The quantitative estimate of drug-likeness (QED) is 0.773. The predicted octanol–water partition coefficient (Wildman–Crippen LogP) is 3.95. The molecule has 0 aliphatic carbocycles. The number of carbonyl (C=O) groups is 1. The highest BCUT2D eigenvalue weighted by molar-refractivity contribution is 5.86. The van der Waals surface area contributed by atoms with E-state index in [9.17, 15) is 4.79 Å². The minimum atomic E-state index is -1.07. The van der Waals surface area contributed by atoms with Crippen LogP contribution in [0.2, 0.25) is 0 Å². The molecule has 126 valence electrons. The van der Waals surface area contributed by atoms with Gasteiger partial charge in [-0.15, -0.1) is 0 Å². The van der Waals surface area contributed by atoms with Crippen molar-refractivity contribution < 1.29 is 14.3 Å². The Morgan fingerprint density at radius 1 is 0.833 bits per heavy atom. The monoisotopic (exact) mass is 324 g/mol. The van der Waals surface area contributed by atoms with Crippen molar-refractivity contribution in [2.45, 2.75) is 37.9 Å². The molecule has 1 saturated heterocycles. The van der Waals surface area contributed by atoms with Gasteiger partial charge in [0.25, 0.3) is 0 Å². The Morgan fingerprint density at radius 3 is 1.96 bits per heavy atom. The number of hydrogen-bond donors (Lipinski definition) is 0. The molecule has 3 rings (SSSR count). The lowest BCUT2D eigenvalue weighted by molar-refractivity contribution is -0.255. The van der Waals surface area contributed by atoms with E-state index in [4.69, 9.17) is 9.47 Å². The first-order valence-electron chi connectivity index (χ1n) is 8.68. The van der Waals surface area contributed by atoms with E-state index in [1.807, 2.05) is 48.5 Å². The fraction of sp³-hybridized carbons (Fsp3) is 0.381. The smallest absolute Gasteiger partial charge is 0.229 e. The Bertz CT molecular complexity index is 631. The van der Waals surface area contributed by atoms with Crippen LogP contribution < -0.4 is 0 Å². The van der Waals surface area contributed by atoms with Crippen molar-refractivity contribution in [2.75, 3.05) is 13.2 Å². The number of rotatable bonds is 7. The minimum absolute atomic E-state index is 0.0574. The summed E-state index contributed by atoms with van der Waals surface area (Å²) >= 11 is 0. The van der Waals surface area contributed by atoms with Crippen LogP contribution >= 0.6 is 0 Å². The molecule has 2 aromatic carbocycles. The zero-order valence-corrected chi connectivity index (χ0v) is 13.9. The van der Waals surface area contributed by atoms with E-state index in [1.54, 1.807) is 0 Å². The van der Waals surface area contributed by atoms with E-state index in [-0.39, 0.29) is 5.78 Å². The molecule has 1 heterocycles. The van der Waals surface area contributed by atoms with Crippen molar-refractivity contribution in [3.63, 3.8) is 0 Å². The summed E-state index contributed by atoms with van der Waals surface area (Å²) in [4.78, 5) is 12.9. The van der Waals surface area contributed by atoms with E-state index in [1.165, 1.54) is 11.1 Å². The Labute approximate surface area is 143 Å². The molecular weight excluding hydrogens is 300 g/mol. The number of hydrogen-bond acceptors (Lipinski definition) is 3. The summed E-state index contributed by atoms with van der Waals surface area (Å²) in [5.74, 6) is -1.01. The van der Waals surface area contributed by atoms with E-state index < -0.39 is 5.79 Å². The van der Waals surface area contributed by atoms with Crippen LogP contribution in [0, 0.1) is 0 Å². The fourth-order valence-corrected chi connectivity index (χ4v) is 3.07. The minimum Gasteiger partial charge on any atom is -0.344 e. The summed E-state index contributed by atoms with van der Waals surface area (Å²) < 4.78 is 11.7. The lowest BCUT2D eigenvalue weighted by atomic mass is 9.96. The highest BCUT2D eigenvalue weighted by Crippen LogP contribution is 2.28. The summed E-state index contributed by atoms with van der Waals surface area (Å²) in [6.45, 7) is 1.18. The Kier molecular flexibility index (Phi) is 5.78. The van der Waals surface area contributed by atoms with E-state index in [0.29, 0.717) is 26.1 Å². The number of aryl methyl sites for hydroxylation is 2. The average Bonchev–Trinajstić information content (AvgIpc) is 2.67.